The van der Waals surface area contributed by atoms with Crippen molar-refractivity contribution < 1.29 is 23.9 Å². The predicted octanol–water partition coefficient (Wildman–Crippen LogP) is 4.10. The topological polar surface area (TPSA) is 69.7 Å². The van der Waals surface area contributed by atoms with Crippen molar-refractivity contribution in [3.05, 3.63) is 47.1 Å². The molecule has 148 valence electrons. The molecule has 0 bridgehead atoms. The van der Waals surface area contributed by atoms with Crippen LogP contribution in [0.15, 0.2) is 47.1 Å². The van der Waals surface area contributed by atoms with Crippen molar-refractivity contribution >= 4 is 17.7 Å². The number of hydrogen-bond donors (Lipinski definition) is 0. The van der Waals surface area contributed by atoms with E-state index in [1.54, 1.807) is 19.1 Å². The highest BCUT2D eigenvalue weighted by Gasteiger charge is 2.30. The molecule has 0 radical (unpaired) electrons. The standard InChI is InChI=1S/C22H30O5/c1-15-10-8-14-22(3,4)18(15)13-12-17(23)11-7-9-16(2)19(20(24)26-5)21(25)27-6/h7,9,11-13,19H,8,10,14H2,1-6H3/b11-7+,13-12+,16-9?. The second-order valence-corrected chi connectivity index (χ2v) is 7.42. The first-order valence-electron chi connectivity index (χ1n) is 9.06. The second kappa shape index (κ2) is 10.0. The smallest absolute Gasteiger partial charge is 0.324 e. The van der Waals surface area contributed by atoms with E-state index in [2.05, 4.69) is 30.2 Å². The van der Waals surface area contributed by atoms with Gasteiger partial charge in [-0.15, -0.1) is 0 Å². The maximum absolute atomic E-state index is 12.1. The largest absolute Gasteiger partial charge is 0.468 e. The number of hydrogen-bond acceptors (Lipinski definition) is 5. The molecule has 0 aromatic rings. The number of ether oxygens (including phenoxy) is 2. The fraction of sp³-hybridized carbons (Fsp3) is 0.500. The van der Waals surface area contributed by atoms with Gasteiger partial charge in [0.15, 0.2) is 11.7 Å². The van der Waals surface area contributed by atoms with E-state index in [4.69, 9.17) is 0 Å². The number of rotatable bonds is 7. The molecule has 0 aromatic heterocycles. The molecule has 1 aliphatic rings. The van der Waals surface area contributed by atoms with E-state index in [1.165, 1.54) is 43.9 Å². The Morgan fingerprint density at radius 1 is 1.07 bits per heavy atom. The Morgan fingerprint density at radius 2 is 1.67 bits per heavy atom. The zero-order chi connectivity index (χ0) is 20.6. The molecule has 27 heavy (non-hydrogen) atoms. The number of carbonyl (C=O) groups is 3. The van der Waals surface area contributed by atoms with Crippen molar-refractivity contribution in [2.24, 2.45) is 11.3 Å². The highest BCUT2D eigenvalue weighted by Crippen LogP contribution is 2.40. The van der Waals surface area contributed by atoms with Crippen LogP contribution in [-0.2, 0) is 23.9 Å². The van der Waals surface area contributed by atoms with Crippen molar-refractivity contribution in [1.82, 2.24) is 0 Å². The fourth-order valence-corrected chi connectivity index (χ4v) is 3.33. The van der Waals surface area contributed by atoms with E-state index >= 15 is 0 Å². The second-order valence-electron chi connectivity index (χ2n) is 7.42. The first kappa shape index (κ1) is 22.6. The SMILES string of the molecule is COC(=O)C(C(=O)OC)C(C)=C/C=C/C(=O)/C=C/C1=C(C)CCCC1(C)C. The molecular weight excluding hydrogens is 344 g/mol. The van der Waals surface area contributed by atoms with Gasteiger partial charge in [-0.05, 0) is 61.8 Å². The monoisotopic (exact) mass is 374 g/mol. The van der Waals surface area contributed by atoms with Gasteiger partial charge in [0.2, 0.25) is 0 Å². The molecule has 0 heterocycles. The van der Waals surface area contributed by atoms with Crippen molar-refractivity contribution in [3.63, 3.8) is 0 Å². The van der Waals surface area contributed by atoms with Gasteiger partial charge in [-0.25, -0.2) is 0 Å². The number of methoxy groups -OCH3 is 2. The van der Waals surface area contributed by atoms with Crippen LogP contribution in [0.5, 0.6) is 0 Å². The summed E-state index contributed by atoms with van der Waals surface area (Å²) in [7, 11) is 2.41. The lowest BCUT2D eigenvalue weighted by Gasteiger charge is -2.32. The molecular formula is C22H30O5. The highest BCUT2D eigenvalue weighted by molar-refractivity contribution is 6.00. The average molecular weight is 374 g/mol. The molecule has 0 aliphatic heterocycles. The fourth-order valence-electron chi connectivity index (χ4n) is 3.33. The van der Waals surface area contributed by atoms with Crippen LogP contribution in [0.1, 0.15) is 47.0 Å². The molecule has 0 atom stereocenters. The van der Waals surface area contributed by atoms with Crippen molar-refractivity contribution in [1.29, 1.82) is 0 Å². The molecule has 1 rings (SSSR count). The molecule has 0 unspecified atom stereocenters. The van der Waals surface area contributed by atoms with Gasteiger partial charge in [0.05, 0.1) is 14.2 Å². The molecule has 5 heteroatoms. The minimum atomic E-state index is -1.13. The molecule has 0 fully saturated rings. The van der Waals surface area contributed by atoms with E-state index in [9.17, 15) is 14.4 Å². The van der Waals surface area contributed by atoms with Gasteiger partial charge in [-0.2, -0.15) is 0 Å². The van der Waals surface area contributed by atoms with Gasteiger partial charge in [0.25, 0.3) is 0 Å². The van der Waals surface area contributed by atoms with Crippen LogP contribution >= 0.6 is 0 Å². The number of carbonyl (C=O) groups excluding carboxylic acids is 3. The molecule has 1 aliphatic carbocycles. The quantitative estimate of drug-likeness (QED) is 0.290. The lowest BCUT2D eigenvalue weighted by Crippen LogP contribution is -2.27. The zero-order valence-corrected chi connectivity index (χ0v) is 17.1. The van der Waals surface area contributed by atoms with Gasteiger partial charge < -0.3 is 9.47 Å². The third-order valence-corrected chi connectivity index (χ3v) is 4.91. The van der Waals surface area contributed by atoms with Gasteiger partial charge in [0, 0.05) is 0 Å². The average Bonchev–Trinajstić information content (AvgIpc) is 2.60. The maximum atomic E-state index is 12.1. The summed E-state index contributed by atoms with van der Waals surface area (Å²) in [5.74, 6) is -2.69. The van der Waals surface area contributed by atoms with Gasteiger partial charge in [-0.3, -0.25) is 14.4 Å². The summed E-state index contributed by atoms with van der Waals surface area (Å²) in [6.45, 7) is 8.12. The van der Waals surface area contributed by atoms with E-state index in [0.717, 1.165) is 12.8 Å². The number of esters is 2. The summed E-state index contributed by atoms with van der Waals surface area (Å²) in [6.07, 6.45) is 11.3. The summed E-state index contributed by atoms with van der Waals surface area (Å²) < 4.78 is 9.26. The number of ketones is 1. The van der Waals surface area contributed by atoms with Crippen LogP contribution in [-0.4, -0.2) is 31.9 Å². The minimum Gasteiger partial charge on any atom is -0.468 e. The lowest BCUT2D eigenvalue weighted by molar-refractivity contribution is -0.156. The van der Waals surface area contributed by atoms with Crippen molar-refractivity contribution in [2.75, 3.05) is 14.2 Å². The molecule has 0 saturated carbocycles. The Bertz CT molecular complexity index is 688. The summed E-state index contributed by atoms with van der Waals surface area (Å²) in [5.41, 5.74) is 3.06. The predicted molar refractivity (Wildman–Crippen MR) is 105 cm³/mol. The van der Waals surface area contributed by atoms with Crippen LogP contribution in [0, 0.1) is 11.3 Å². The highest BCUT2D eigenvalue weighted by atomic mass is 16.5. The van der Waals surface area contributed by atoms with Crippen LogP contribution in [0.2, 0.25) is 0 Å². The first-order chi connectivity index (χ1) is 12.6. The summed E-state index contributed by atoms with van der Waals surface area (Å²) in [5, 5.41) is 0. The van der Waals surface area contributed by atoms with E-state index in [0.29, 0.717) is 5.57 Å². The van der Waals surface area contributed by atoms with Crippen molar-refractivity contribution in [3.8, 4) is 0 Å². The lowest BCUT2D eigenvalue weighted by atomic mass is 9.72. The van der Waals surface area contributed by atoms with Crippen LogP contribution in [0.4, 0.5) is 0 Å². The Hall–Kier alpha value is -2.43. The van der Waals surface area contributed by atoms with E-state index < -0.39 is 17.9 Å². The normalized spacial score (nSPS) is 17.7. The third kappa shape index (κ3) is 6.35. The molecule has 0 spiro atoms. The molecule has 0 amide bonds. The Kier molecular flexibility index (Phi) is 8.41. The van der Waals surface area contributed by atoms with Gasteiger partial charge in [0.1, 0.15) is 0 Å². The van der Waals surface area contributed by atoms with Crippen LogP contribution in [0.3, 0.4) is 0 Å². The number of allylic oxidation sites excluding steroid dienone is 7. The Morgan fingerprint density at radius 3 is 2.19 bits per heavy atom. The summed E-state index contributed by atoms with van der Waals surface area (Å²) in [6, 6.07) is 0. The van der Waals surface area contributed by atoms with Gasteiger partial charge in [-0.1, -0.05) is 37.6 Å². The van der Waals surface area contributed by atoms with Gasteiger partial charge >= 0.3 is 11.9 Å². The first-order valence-corrected chi connectivity index (χ1v) is 9.06. The maximum Gasteiger partial charge on any atom is 0.324 e. The van der Waals surface area contributed by atoms with Crippen molar-refractivity contribution in [2.45, 2.75) is 47.0 Å². The van der Waals surface area contributed by atoms with Crippen LogP contribution < -0.4 is 0 Å². The molecule has 5 nitrogen and oxygen atoms in total. The minimum absolute atomic E-state index is 0.0770. The van der Waals surface area contributed by atoms with Crippen LogP contribution in [0.25, 0.3) is 0 Å². The van der Waals surface area contributed by atoms with E-state index in [-0.39, 0.29) is 11.2 Å². The Labute approximate surface area is 161 Å². The summed E-state index contributed by atoms with van der Waals surface area (Å²) >= 11 is 0. The zero-order valence-electron chi connectivity index (χ0n) is 17.1. The molecule has 0 aromatic carbocycles. The molecule has 0 N–H and O–H groups in total. The third-order valence-electron chi connectivity index (χ3n) is 4.91. The Balaban J connectivity index is 2.86. The molecule has 0 saturated heterocycles. The van der Waals surface area contributed by atoms with E-state index in [1.807, 2.05) is 6.08 Å². The summed E-state index contributed by atoms with van der Waals surface area (Å²) in [4.78, 5) is 35.6.